The molecule has 0 aliphatic carbocycles. The van der Waals surface area contributed by atoms with Crippen molar-refractivity contribution in [3.05, 3.63) is 27.4 Å². The van der Waals surface area contributed by atoms with E-state index in [0.29, 0.717) is 27.3 Å². The average molecular weight is 348 g/mol. The number of methoxy groups -OCH3 is 1. The Hall–Kier alpha value is -1.34. The summed E-state index contributed by atoms with van der Waals surface area (Å²) in [7, 11) is 1.50. The number of ether oxygens (including phenoxy) is 1. The second kappa shape index (κ2) is 7.30. The molecule has 1 aromatic heterocycles. The minimum Gasteiger partial charge on any atom is -0.495 e. The molecule has 0 saturated heterocycles. The number of halogens is 1. The van der Waals surface area contributed by atoms with Gasteiger partial charge in [0.15, 0.2) is 0 Å². The third-order valence-electron chi connectivity index (χ3n) is 2.36. The van der Waals surface area contributed by atoms with E-state index in [1.54, 1.807) is 12.1 Å². The topological polar surface area (TPSA) is 75.6 Å². The lowest BCUT2D eigenvalue weighted by Crippen LogP contribution is -2.40. The Labute approximate surface area is 123 Å². The van der Waals surface area contributed by atoms with Gasteiger partial charge in [-0.1, -0.05) is 6.08 Å². The van der Waals surface area contributed by atoms with Crippen LogP contribution in [0.1, 0.15) is 22.5 Å². The molecule has 1 rings (SSSR count). The van der Waals surface area contributed by atoms with Gasteiger partial charge in [0.1, 0.15) is 15.6 Å². The number of amides is 1. The van der Waals surface area contributed by atoms with E-state index < -0.39 is 17.9 Å². The lowest BCUT2D eigenvalue weighted by Gasteiger charge is -2.12. The quantitative estimate of drug-likeness (QED) is 0.743. The summed E-state index contributed by atoms with van der Waals surface area (Å²) in [6.07, 6.45) is 2.45. The zero-order chi connectivity index (χ0) is 14.4. The molecule has 0 fully saturated rings. The van der Waals surface area contributed by atoms with Gasteiger partial charge in [-0.2, -0.15) is 0 Å². The van der Waals surface area contributed by atoms with Crippen LogP contribution < -0.4 is 10.1 Å². The second-order valence-corrected chi connectivity index (χ2v) is 6.05. The molecule has 1 unspecified atom stereocenters. The zero-order valence-corrected chi connectivity index (χ0v) is 12.7. The maximum atomic E-state index is 11.9. The van der Waals surface area contributed by atoms with Crippen LogP contribution in [-0.2, 0) is 4.79 Å². The molecule has 7 heteroatoms. The Balaban J connectivity index is 2.75. The first-order chi connectivity index (χ1) is 8.99. The summed E-state index contributed by atoms with van der Waals surface area (Å²) in [5.41, 5.74) is 0. The van der Waals surface area contributed by atoms with Crippen LogP contribution in [0.5, 0.6) is 5.75 Å². The summed E-state index contributed by atoms with van der Waals surface area (Å²) < 4.78 is 5.74. The van der Waals surface area contributed by atoms with E-state index in [0.717, 1.165) is 0 Å². The minimum absolute atomic E-state index is 0.314. The molecule has 1 amide bonds. The van der Waals surface area contributed by atoms with Gasteiger partial charge in [0, 0.05) is 6.07 Å². The molecule has 2 N–H and O–H groups in total. The highest BCUT2D eigenvalue weighted by Gasteiger charge is 2.21. The molecule has 1 heterocycles. The van der Waals surface area contributed by atoms with Crippen LogP contribution in [0, 0.1) is 0 Å². The minimum atomic E-state index is -1.06. The number of hydrogen-bond acceptors (Lipinski definition) is 4. The lowest BCUT2D eigenvalue weighted by atomic mass is 10.1. The number of rotatable bonds is 7. The van der Waals surface area contributed by atoms with E-state index >= 15 is 0 Å². The molecular formula is C12H14BrNO4S. The normalized spacial score (nSPS) is 11.7. The number of allylic oxidation sites excluding steroid dienone is 1. The number of carbonyl (C=O) groups excluding carboxylic acids is 1. The Morgan fingerprint density at radius 2 is 2.37 bits per heavy atom. The van der Waals surface area contributed by atoms with E-state index in [2.05, 4.69) is 27.8 Å². The number of aliphatic carboxylic acids is 1. The van der Waals surface area contributed by atoms with Crippen molar-refractivity contribution in [3.63, 3.8) is 0 Å². The largest absolute Gasteiger partial charge is 0.495 e. The van der Waals surface area contributed by atoms with Crippen LogP contribution >= 0.6 is 27.3 Å². The van der Waals surface area contributed by atoms with Crippen LogP contribution in [-0.4, -0.2) is 30.1 Å². The number of thiophene rings is 1. The molecule has 1 aromatic rings. The third kappa shape index (κ3) is 4.36. The van der Waals surface area contributed by atoms with Gasteiger partial charge in [0.25, 0.3) is 5.91 Å². The van der Waals surface area contributed by atoms with Gasteiger partial charge in [-0.15, -0.1) is 17.9 Å². The Morgan fingerprint density at radius 1 is 1.68 bits per heavy atom. The number of nitrogens with one attached hydrogen (secondary N) is 1. The molecule has 104 valence electrons. The van der Waals surface area contributed by atoms with Crippen LogP contribution in [0.15, 0.2) is 22.5 Å². The van der Waals surface area contributed by atoms with Crippen molar-refractivity contribution in [1.29, 1.82) is 0 Å². The van der Waals surface area contributed by atoms with E-state index in [-0.39, 0.29) is 0 Å². The summed E-state index contributed by atoms with van der Waals surface area (Å²) in [5.74, 6) is -0.934. The predicted molar refractivity (Wildman–Crippen MR) is 76.9 cm³/mol. The maximum Gasteiger partial charge on any atom is 0.326 e. The Bertz CT molecular complexity index is 486. The number of carbonyl (C=O) groups is 2. The standard InChI is InChI=1S/C12H14BrNO4S/c1-3-4-5-7(12(16)17)14-11(15)9-6-8(18-2)10(13)19-9/h3,6-7H,1,4-5H2,2H3,(H,14,15)(H,16,17). The van der Waals surface area contributed by atoms with Gasteiger partial charge in [-0.25, -0.2) is 4.79 Å². The summed E-state index contributed by atoms with van der Waals surface area (Å²) in [6, 6.07) is 0.647. The molecule has 0 bridgehead atoms. The van der Waals surface area contributed by atoms with Crippen LogP contribution in [0.2, 0.25) is 0 Å². The molecule has 0 aliphatic heterocycles. The van der Waals surface area contributed by atoms with Crippen molar-refractivity contribution in [3.8, 4) is 5.75 Å². The van der Waals surface area contributed by atoms with Gasteiger partial charge >= 0.3 is 5.97 Å². The van der Waals surface area contributed by atoms with Crippen molar-refractivity contribution in [2.75, 3.05) is 7.11 Å². The lowest BCUT2D eigenvalue weighted by molar-refractivity contribution is -0.139. The third-order valence-corrected chi connectivity index (χ3v) is 4.14. The second-order valence-electron chi connectivity index (χ2n) is 3.68. The van der Waals surface area contributed by atoms with E-state index in [9.17, 15) is 9.59 Å². The fourth-order valence-corrected chi connectivity index (χ4v) is 2.93. The van der Waals surface area contributed by atoms with Crippen molar-refractivity contribution < 1.29 is 19.4 Å². The molecule has 0 aromatic carbocycles. The van der Waals surface area contributed by atoms with Gasteiger partial charge < -0.3 is 15.2 Å². The molecule has 5 nitrogen and oxygen atoms in total. The van der Waals surface area contributed by atoms with Gasteiger partial charge in [0.2, 0.25) is 0 Å². The highest BCUT2D eigenvalue weighted by molar-refractivity contribution is 9.11. The van der Waals surface area contributed by atoms with Gasteiger partial charge in [-0.05, 0) is 28.8 Å². The van der Waals surface area contributed by atoms with Crippen molar-refractivity contribution >= 4 is 39.1 Å². The first kappa shape index (κ1) is 15.7. The van der Waals surface area contributed by atoms with Crippen LogP contribution in [0.3, 0.4) is 0 Å². The first-order valence-electron chi connectivity index (χ1n) is 5.47. The molecule has 0 saturated carbocycles. The summed E-state index contributed by atoms with van der Waals surface area (Å²) in [4.78, 5) is 23.4. The van der Waals surface area contributed by atoms with Gasteiger partial charge in [0.05, 0.1) is 12.0 Å². The molecule has 0 spiro atoms. The van der Waals surface area contributed by atoms with Crippen molar-refractivity contribution in [2.45, 2.75) is 18.9 Å². The number of hydrogen-bond donors (Lipinski definition) is 2. The van der Waals surface area contributed by atoms with Crippen LogP contribution in [0.4, 0.5) is 0 Å². The highest BCUT2D eigenvalue weighted by atomic mass is 79.9. The fraction of sp³-hybridized carbons (Fsp3) is 0.333. The SMILES string of the molecule is C=CCCC(NC(=O)c1cc(OC)c(Br)s1)C(=O)O. The first-order valence-corrected chi connectivity index (χ1v) is 7.08. The Morgan fingerprint density at radius 3 is 2.84 bits per heavy atom. The van der Waals surface area contributed by atoms with Gasteiger partial charge in [-0.3, -0.25) is 4.79 Å². The van der Waals surface area contributed by atoms with E-state index in [4.69, 9.17) is 9.84 Å². The summed E-state index contributed by atoms with van der Waals surface area (Å²) in [5, 5.41) is 11.5. The average Bonchev–Trinajstić information content (AvgIpc) is 2.75. The monoisotopic (exact) mass is 347 g/mol. The molecule has 1 atom stereocenters. The van der Waals surface area contributed by atoms with Crippen LogP contribution in [0.25, 0.3) is 0 Å². The molecular weight excluding hydrogens is 334 g/mol. The molecule has 19 heavy (non-hydrogen) atoms. The van der Waals surface area contributed by atoms with E-state index in [1.807, 2.05) is 0 Å². The predicted octanol–water partition coefficient (Wildman–Crippen LogP) is 2.67. The van der Waals surface area contributed by atoms with Crippen molar-refractivity contribution in [2.24, 2.45) is 0 Å². The summed E-state index contributed by atoms with van der Waals surface area (Å²) in [6.45, 7) is 3.53. The van der Waals surface area contributed by atoms with E-state index in [1.165, 1.54) is 18.4 Å². The van der Waals surface area contributed by atoms with Crippen molar-refractivity contribution in [1.82, 2.24) is 5.32 Å². The highest BCUT2D eigenvalue weighted by Crippen LogP contribution is 2.34. The number of carboxylic acids is 1. The summed E-state index contributed by atoms with van der Waals surface area (Å²) >= 11 is 4.46. The fourth-order valence-electron chi connectivity index (χ4n) is 1.37. The maximum absolute atomic E-state index is 11.9. The molecule has 0 aliphatic rings. The Kier molecular flexibility index (Phi) is 6.04. The number of carboxylic acid groups (broad SMARTS) is 1. The zero-order valence-electron chi connectivity index (χ0n) is 10.3. The smallest absolute Gasteiger partial charge is 0.326 e. The molecule has 0 radical (unpaired) electrons.